The Bertz CT molecular complexity index is 548. The summed E-state index contributed by atoms with van der Waals surface area (Å²) in [7, 11) is 3.56. The SMILES string of the molecule is CCc1ccc(OCc2cc(CNC)co2)c(OC)c1. The summed E-state index contributed by atoms with van der Waals surface area (Å²) in [5.41, 5.74) is 2.34. The second kappa shape index (κ2) is 7.01. The fraction of sp³-hybridized carbons (Fsp3) is 0.375. The number of hydrogen-bond donors (Lipinski definition) is 1. The minimum Gasteiger partial charge on any atom is -0.493 e. The molecule has 0 saturated carbocycles. The molecule has 0 aliphatic heterocycles. The van der Waals surface area contributed by atoms with Crippen LogP contribution >= 0.6 is 0 Å². The molecular formula is C16H21NO3. The summed E-state index contributed by atoms with van der Waals surface area (Å²) in [6.07, 6.45) is 2.72. The predicted molar refractivity (Wildman–Crippen MR) is 78.2 cm³/mol. The molecule has 0 spiro atoms. The van der Waals surface area contributed by atoms with Crippen molar-refractivity contribution in [2.24, 2.45) is 0 Å². The number of nitrogens with one attached hydrogen (secondary N) is 1. The molecule has 0 atom stereocenters. The van der Waals surface area contributed by atoms with Gasteiger partial charge in [0.05, 0.1) is 13.4 Å². The minimum atomic E-state index is 0.394. The molecule has 0 unspecified atom stereocenters. The molecule has 108 valence electrons. The first kappa shape index (κ1) is 14.5. The molecule has 1 aromatic heterocycles. The lowest BCUT2D eigenvalue weighted by Crippen LogP contribution is -2.03. The van der Waals surface area contributed by atoms with Gasteiger partial charge in [0.15, 0.2) is 11.5 Å². The van der Waals surface area contributed by atoms with Gasteiger partial charge in [0.25, 0.3) is 0 Å². The first-order valence-electron chi connectivity index (χ1n) is 6.77. The highest BCUT2D eigenvalue weighted by atomic mass is 16.5. The maximum atomic E-state index is 5.77. The van der Waals surface area contributed by atoms with Crippen LogP contribution in [0.4, 0.5) is 0 Å². The number of benzene rings is 1. The van der Waals surface area contributed by atoms with E-state index in [1.165, 1.54) is 5.56 Å². The second-order valence-corrected chi connectivity index (χ2v) is 4.58. The van der Waals surface area contributed by atoms with Crippen LogP contribution in [0.25, 0.3) is 0 Å². The Morgan fingerprint density at radius 2 is 2.00 bits per heavy atom. The van der Waals surface area contributed by atoms with Crippen LogP contribution in [0.3, 0.4) is 0 Å². The average molecular weight is 275 g/mol. The molecular weight excluding hydrogens is 254 g/mol. The Morgan fingerprint density at radius 3 is 2.70 bits per heavy atom. The number of hydrogen-bond acceptors (Lipinski definition) is 4. The van der Waals surface area contributed by atoms with E-state index in [4.69, 9.17) is 13.9 Å². The summed E-state index contributed by atoms with van der Waals surface area (Å²) in [5.74, 6) is 2.29. The Kier molecular flexibility index (Phi) is 5.07. The molecule has 0 bridgehead atoms. The summed E-state index contributed by atoms with van der Waals surface area (Å²) < 4.78 is 16.6. The van der Waals surface area contributed by atoms with Crippen LogP contribution in [-0.4, -0.2) is 14.2 Å². The third-order valence-electron chi connectivity index (χ3n) is 3.10. The van der Waals surface area contributed by atoms with Crippen molar-refractivity contribution in [1.29, 1.82) is 0 Å². The molecule has 0 radical (unpaired) electrons. The molecule has 0 aliphatic carbocycles. The Balaban J connectivity index is 2.02. The van der Waals surface area contributed by atoms with Crippen molar-refractivity contribution in [3.05, 3.63) is 47.4 Å². The van der Waals surface area contributed by atoms with Crippen molar-refractivity contribution in [1.82, 2.24) is 5.32 Å². The monoisotopic (exact) mass is 275 g/mol. The van der Waals surface area contributed by atoms with Crippen molar-refractivity contribution >= 4 is 0 Å². The maximum Gasteiger partial charge on any atom is 0.161 e. The van der Waals surface area contributed by atoms with Crippen molar-refractivity contribution < 1.29 is 13.9 Å². The number of methoxy groups -OCH3 is 1. The van der Waals surface area contributed by atoms with Gasteiger partial charge in [-0.3, -0.25) is 0 Å². The van der Waals surface area contributed by atoms with Gasteiger partial charge in [0.2, 0.25) is 0 Å². The van der Waals surface area contributed by atoms with E-state index in [1.54, 1.807) is 13.4 Å². The lowest BCUT2D eigenvalue weighted by molar-refractivity contribution is 0.256. The molecule has 0 amide bonds. The van der Waals surface area contributed by atoms with E-state index in [0.29, 0.717) is 6.61 Å². The Hall–Kier alpha value is -1.94. The van der Waals surface area contributed by atoms with Crippen molar-refractivity contribution in [3.8, 4) is 11.5 Å². The lowest BCUT2D eigenvalue weighted by atomic mass is 10.1. The first-order valence-corrected chi connectivity index (χ1v) is 6.77. The van der Waals surface area contributed by atoms with Gasteiger partial charge >= 0.3 is 0 Å². The standard InChI is InChI=1S/C16H21NO3/c1-4-12-5-6-15(16(8-12)18-3)20-11-14-7-13(9-17-2)10-19-14/h5-8,10,17H,4,9,11H2,1-3H3. The third-order valence-corrected chi connectivity index (χ3v) is 3.10. The van der Waals surface area contributed by atoms with E-state index in [0.717, 1.165) is 35.8 Å². The zero-order chi connectivity index (χ0) is 14.4. The highest BCUT2D eigenvalue weighted by molar-refractivity contribution is 5.43. The van der Waals surface area contributed by atoms with Crippen LogP contribution in [0.15, 0.2) is 34.9 Å². The van der Waals surface area contributed by atoms with Crippen LogP contribution in [0.1, 0.15) is 23.8 Å². The lowest BCUT2D eigenvalue weighted by Gasteiger charge is -2.10. The van der Waals surface area contributed by atoms with E-state index in [9.17, 15) is 0 Å². The van der Waals surface area contributed by atoms with Gasteiger partial charge in [0, 0.05) is 12.1 Å². The molecule has 4 heteroatoms. The molecule has 0 saturated heterocycles. The highest BCUT2D eigenvalue weighted by Gasteiger charge is 2.07. The number of aryl methyl sites for hydroxylation is 1. The van der Waals surface area contributed by atoms with E-state index in [-0.39, 0.29) is 0 Å². The molecule has 0 aliphatic rings. The Labute approximate surface area is 119 Å². The Morgan fingerprint density at radius 1 is 1.15 bits per heavy atom. The zero-order valence-electron chi connectivity index (χ0n) is 12.2. The van der Waals surface area contributed by atoms with E-state index < -0.39 is 0 Å². The van der Waals surface area contributed by atoms with Crippen LogP contribution < -0.4 is 14.8 Å². The van der Waals surface area contributed by atoms with E-state index in [2.05, 4.69) is 12.2 Å². The third kappa shape index (κ3) is 3.54. The quantitative estimate of drug-likeness (QED) is 0.843. The number of rotatable bonds is 7. The van der Waals surface area contributed by atoms with Gasteiger partial charge < -0.3 is 19.2 Å². The predicted octanol–water partition coefficient (Wildman–Crippen LogP) is 3.15. The molecule has 1 N–H and O–H groups in total. The van der Waals surface area contributed by atoms with Crippen molar-refractivity contribution in [3.63, 3.8) is 0 Å². The first-order chi connectivity index (χ1) is 9.76. The molecule has 1 aromatic carbocycles. The molecule has 4 nitrogen and oxygen atoms in total. The summed E-state index contributed by atoms with van der Waals surface area (Å²) in [6.45, 7) is 3.30. The zero-order valence-corrected chi connectivity index (χ0v) is 12.2. The summed E-state index contributed by atoms with van der Waals surface area (Å²) >= 11 is 0. The summed E-state index contributed by atoms with van der Waals surface area (Å²) in [4.78, 5) is 0. The topological polar surface area (TPSA) is 43.6 Å². The fourth-order valence-electron chi connectivity index (χ4n) is 2.00. The second-order valence-electron chi connectivity index (χ2n) is 4.58. The van der Waals surface area contributed by atoms with Crippen LogP contribution in [0.2, 0.25) is 0 Å². The van der Waals surface area contributed by atoms with Crippen LogP contribution in [0, 0.1) is 0 Å². The van der Waals surface area contributed by atoms with Gasteiger partial charge in [-0.2, -0.15) is 0 Å². The van der Waals surface area contributed by atoms with Crippen molar-refractivity contribution in [2.75, 3.05) is 14.2 Å². The largest absolute Gasteiger partial charge is 0.493 e. The van der Waals surface area contributed by atoms with Gasteiger partial charge in [-0.25, -0.2) is 0 Å². The van der Waals surface area contributed by atoms with Crippen LogP contribution in [0.5, 0.6) is 11.5 Å². The average Bonchev–Trinajstić information content (AvgIpc) is 2.93. The van der Waals surface area contributed by atoms with Gasteiger partial charge in [0.1, 0.15) is 12.4 Å². The number of ether oxygens (including phenoxy) is 2. The van der Waals surface area contributed by atoms with E-state index >= 15 is 0 Å². The molecule has 0 fully saturated rings. The van der Waals surface area contributed by atoms with Gasteiger partial charge in [-0.1, -0.05) is 13.0 Å². The fourth-order valence-corrected chi connectivity index (χ4v) is 2.00. The minimum absolute atomic E-state index is 0.394. The van der Waals surface area contributed by atoms with Crippen molar-refractivity contribution in [2.45, 2.75) is 26.5 Å². The van der Waals surface area contributed by atoms with E-state index in [1.807, 2.05) is 31.3 Å². The van der Waals surface area contributed by atoms with Gasteiger partial charge in [-0.15, -0.1) is 0 Å². The summed E-state index contributed by atoms with van der Waals surface area (Å²) in [6, 6.07) is 7.98. The van der Waals surface area contributed by atoms with Gasteiger partial charge in [-0.05, 0) is 37.2 Å². The maximum absolute atomic E-state index is 5.77. The smallest absolute Gasteiger partial charge is 0.161 e. The molecule has 1 heterocycles. The number of furan rings is 1. The summed E-state index contributed by atoms with van der Waals surface area (Å²) in [5, 5.41) is 3.08. The molecule has 2 rings (SSSR count). The highest BCUT2D eigenvalue weighted by Crippen LogP contribution is 2.29. The van der Waals surface area contributed by atoms with Crippen LogP contribution in [-0.2, 0) is 19.6 Å². The normalized spacial score (nSPS) is 10.6. The molecule has 20 heavy (non-hydrogen) atoms. The molecule has 2 aromatic rings.